The molecular weight excluding hydrogens is 626 g/mol. The molecule has 2 fully saturated rings. The summed E-state index contributed by atoms with van der Waals surface area (Å²) in [5, 5.41) is 12.5. The number of hydrogen-bond donors (Lipinski definition) is 2. The number of nitrogens with zero attached hydrogens (tertiary/aromatic N) is 2. The first kappa shape index (κ1) is 29.5. The van der Waals surface area contributed by atoms with Crippen LogP contribution in [0.3, 0.4) is 0 Å². The molecule has 12 heteroatoms. The number of amides is 3. The number of phenolic OH excluding ortho intramolecular Hbond substituents is 1. The Morgan fingerprint density at radius 2 is 1.74 bits per heavy atom. The number of nitrogens with one attached hydrogen (secondary N) is 1. The predicted molar refractivity (Wildman–Crippen MR) is 157 cm³/mol. The first-order valence-corrected chi connectivity index (χ1v) is 15.9. The topological polar surface area (TPSA) is 141 Å². The number of fused-ring (bicyclic) bond motifs is 1. The normalized spacial score (nSPS) is 19.0. The third-order valence-corrected chi connectivity index (χ3v) is 9.20. The SMILES string of the molecule is CS(=O)(=O)c1ccccc1C(=O)N1CC(=O)C2C1CCN2C(=O)[C@H](Cc1ccc(O)cc1)NC(=O)c1cccc(Br)c1. The maximum Gasteiger partial charge on any atom is 0.255 e. The van der Waals surface area contributed by atoms with E-state index in [4.69, 9.17) is 0 Å². The van der Waals surface area contributed by atoms with Crippen LogP contribution in [0.4, 0.5) is 0 Å². The average molecular weight is 655 g/mol. The first-order chi connectivity index (χ1) is 19.9. The van der Waals surface area contributed by atoms with E-state index in [-0.39, 0.29) is 41.5 Å². The summed E-state index contributed by atoms with van der Waals surface area (Å²) in [6, 6.07) is 16.2. The van der Waals surface area contributed by atoms with Gasteiger partial charge in [-0.15, -0.1) is 0 Å². The Bertz CT molecular complexity index is 1680. The van der Waals surface area contributed by atoms with E-state index in [1.165, 1.54) is 40.1 Å². The number of phenols is 1. The van der Waals surface area contributed by atoms with Crippen LogP contribution in [0, 0.1) is 0 Å². The van der Waals surface area contributed by atoms with Crippen molar-refractivity contribution in [2.45, 2.75) is 35.9 Å². The van der Waals surface area contributed by atoms with Crippen molar-refractivity contribution < 1.29 is 32.7 Å². The Kier molecular flexibility index (Phi) is 8.20. The number of aromatic hydroxyl groups is 1. The van der Waals surface area contributed by atoms with Gasteiger partial charge in [0.2, 0.25) is 5.91 Å². The number of carbonyl (C=O) groups excluding carboxylic acids is 4. The van der Waals surface area contributed by atoms with Crippen LogP contribution in [-0.2, 0) is 25.8 Å². The van der Waals surface area contributed by atoms with Crippen molar-refractivity contribution in [1.82, 2.24) is 15.1 Å². The van der Waals surface area contributed by atoms with Crippen molar-refractivity contribution in [3.8, 4) is 5.75 Å². The molecule has 2 heterocycles. The molecule has 3 aromatic rings. The fourth-order valence-corrected chi connectivity index (χ4v) is 6.88. The number of benzene rings is 3. The molecule has 3 aromatic carbocycles. The summed E-state index contributed by atoms with van der Waals surface area (Å²) in [6.45, 7) is -0.0840. The maximum absolute atomic E-state index is 14.0. The lowest BCUT2D eigenvalue weighted by atomic mass is 10.0. The Balaban J connectivity index is 1.41. The summed E-state index contributed by atoms with van der Waals surface area (Å²) in [7, 11) is -3.70. The molecule has 0 radical (unpaired) electrons. The number of ketones is 1. The monoisotopic (exact) mass is 653 g/mol. The molecular formula is C30H28BrN3O7S. The van der Waals surface area contributed by atoms with Gasteiger partial charge in [-0.3, -0.25) is 19.2 Å². The molecule has 3 atom stereocenters. The minimum absolute atomic E-state index is 0.0234. The van der Waals surface area contributed by atoms with Crippen LogP contribution < -0.4 is 5.32 Å². The molecule has 3 amide bonds. The molecule has 2 aliphatic heterocycles. The molecule has 5 rings (SSSR count). The van der Waals surface area contributed by atoms with Gasteiger partial charge in [-0.2, -0.15) is 0 Å². The van der Waals surface area contributed by atoms with Crippen LogP contribution in [0.5, 0.6) is 5.75 Å². The summed E-state index contributed by atoms with van der Waals surface area (Å²) in [5.41, 5.74) is 0.999. The fourth-order valence-electron chi connectivity index (χ4n) is 5.60. The molecule has 0 saturated carbocycles. The minimum Gasteiger partial charge on any atom is -0.508 e. The zero-order valence-corrected chi connectivity index (χ0v) is 25.0. The third kappa shape index (κ3) is 5.95. The summed E-state index contributed by atoms with van der Waals surface area (Å²) in [5.74, 6) is -1.82. The third-order valence-electron chi connectivity index (χ3n) is 7.55. The number of carbonyl (C=O) groups is 4. The zero-order valence-electron chi connectivity index (χ0n) is 22.6. The zero-order chi connectivity index (χ0) is 30.2. The molecule has 218 valence electrons. The van der Waals surface area contributed by atoms with Crippen molar-refractivity contribution >= 4 is 49.3 Å². The van der Waals surface area contributed by atoms with Crippen LogP contribution in [0.15, 0.2) is 82.2 Å². The summed E-state index contributed by atoms with van der Waals surface area (Å²) < 4.78 is 25.3. The number of halogens is 1. The van der Waals surface area contributed by atoms with E-state index >= 15 is 0 Å². The van der Waals surface area contributed by atoms with Gasteiger partial charge >= 0.3 is 0 Å². The van der Waals surface area contributed by atoms with Gasteiger partial charge < -0.3 is 20.2 Å². The van der Waals surface area contributed by atoms with Crippen molar-refractivity contribution in [1.29, 1.82) is 0 Å². The lowest BCUT2D eigenvalue weighted by molar-refractivity contribution is -0.138. The van der Waals surface area contributed by atoms with E-state index in [0.717, 1.165) is 6.26 Å². The van der Waals surface area contributed by atoms with E-state index in [1.807, 2.05) is 0 Å². The second-order valence-electron chi connectivity index (χ2n) is 10.4. The summed E-state index contributed by atoms with van der Waals surface area (Å²) in [4.78, 5) is 56.6. The predicted octanol–water partition coefficient (Wildman–Crippen LogP) is 2.59. The van der Waals surface area contributed by atoms with Crippen molar-refractivity contribution in [2.75, 3.05) is 19.3 Å². The second kappa shape index (κ2) is 11.7. The highest BCUT2D eigenvalue weighted by atomic mass is 79.9. The van der Waals surface area contributed by atoms with Crippen LogP contribution in [-0.4, -0.2) is 84.3 Å². The molecule has 0 spiro atoms. The van der Waals surface area contributed by atoms with E-state index in [9.17, 15) is 32.7 Å². The largest absolute Gasteiger partial charge is 0.508 e. The highest BCUT2D eigenvalue weighted by Crippen LogP contribution is 2.32. The maximum atomic E-state index is 14.0. The first-order valence-electron chi connectivity index (χ1n) is 13.2. The van der Waals surface area contributed by atoms with Gasteiger partial charge in [-0.25, -0.2) is 8.42 Å². The number of Topliss-reactive ketones (excluding diaryl/α,β-unsaturated/α-hetero) is 1. The molecule has 0 aromatic heterocycles. The number of sulfone groups is 1. The number of rotatable bonds is 7. The number of likely N-dealkylation sites (tertiary alicyclic amines) is 2. The van der Waals surface area contributed by atoms with Crippen molar-refractivity contribution in [3.05, 3.63) is 94.0 Å². The summed E-state index contributed by atoms with van der Waals surface area (Å²) >= 11 is 3.34. The lowest BCUT2D eigenvalue weighted by Crippen LogP contribution is -2.53. The van der Waals surface area contributed by atoms with Crippen LogP contribution in [0.2, 0.25) is 0 Å². The van der Waals surface area contributed by atoms with Gasteiger partial charge in [0.25, 0.3) is 11.8 Å². The molecule has 2 saturated heterocycles. The highest BCUT2D eigenvalue weighted by Gasteiger charge is 2.52. The average Bonchev–Trinajstić information content (AvgIpc) is 3.54. The van der Waals surface area contributed by atoms with Crippen LogP contribution >= 0.6 is 15.9 Å². The Morgan fingerprint density at radius 1 is 1.02 bits per heavy atom. The Morgan fingerprint density at radius 3 is 2.43 bits per heavy atom. The standard InChI is InChI=1S/C30H28BrN3O7S/c1-42(40,41)26-8-3-2-7-22(26)29(38)34-17-25(36)27-24(34)13-14-33(27)30(39)23(15-18-9-11-21(35)12-10-18)32-28(37)19-5-4-6-20(31)16-19/h2-12,16,23-24,27,35H,13-15,17H2,1H3,(H,32,37)/t23-,24?,27?/m0/s1. The smallest absolute Gasteiger partial charge is 0.255 e. The van der Waals surface area contributed by atoms with Gasteiger partial charge in [0, 0.05) is 29.3 Å². The van der Waals surface area contributed by atoms with E-state index in [2.05, 4.69) is 21.2 Å². The number of hydrogen-bond acceptors (Lipinski definition) is 7. The summed E-state index contributed by atoms with van der Waals surface area (Å²) in [6.07, 6.45) is 1.44. The molecule has 2 aliphatic rings. The molecule has 42 heavy (non-hydrogen) atoms. The van der Waals surface area contributed by atoms with Gasteiger partial charge in [-0.05, 0) is 54.4 Å². The van der Waals surface area contributed by atoms with Gasteiger partial charge in [0.1, 0.15) is 17.8 Å². The van der Waals surface area contributed by atoms with E-state index in [0.29, 0.717) is 22.0 Å². The molecule has 10 nitrogen and oxygen atoms in total. The van der Waals surface area contributed by atoms with E-state index < -0.39 is 45.7 Å². The molecule has 0 aliphatic carbocycles. The van der Waals surface area contributed by atoms with Crippen LogP contribution in [0.25, 0.3) is 0 Å². The van der Waals surface area contributed by atoms with Gasteiger partial charge in [0.15, 0.2) is 15.6 Å². The molecule has 0 bridgehead atoms. The lowest BCUT2D eigenvalue weighted by Gasteiger charge is -2.28. The highest BCUT2D eigenvalue weighted by molar-refractivity contribution is 9.10. The van der Waals surface area contributed by atoms with Gasteiger partial charge in [-0.1, -0.05) is 46.3 Å². The molecule has 2 N–H and O–H groups in total. The quantitative estimate of drug-likeness (QED) is 0.399. The second-order valence-corrected chi connectivity index (χ2v) is 13.3. The Labute approximate surface area is 251 Å². The van der Waals surface area contributed by atoms with Gasteiger partial charge in [0.05, 0.1) is 23.0 Å². The Hall–Kier alpha value is -4.03. The van der Waals surface area contributed by atoms with Crippen LogP contribution in [0.1, 0.15) is 32.7 Å². The minimum atomic E-state index is -3.70. The van der Waals surface area contributed by atoms with Crippen molar-refractivity contribution in [2.24, 2.45) is 0 Å². The molecule has 2 unspecified atom stereocenters. The van der Waals surface area contributed by atoms with E-state index in [1.54, 1.807) is 42.5 Å². The fraction of sp³-hybridized carbons (Fsp3) is 0.267. The van der Waals surface area contributed by atoms with Crippen molar-refractivity contribution in [3.63, 3.8) is 0 Å².